The molecule has 1 aromatic heterocycles. The van der Waals surface area contributed by atoms with Gasteiger partial charge in [0.05, 0.1) is 11.2 Å². The number of benzene rings is 1. The van der Waals surface area contributed by atoms with Crippen molar-refractivity contribution < 1.29 is 18.9 Å². The van der Waals surface area contributed by atoms with Gasteiger partial charge in [0.15, 0.2) is 5.76 Å². The lowest BCUT2D eigenvalue weighted by molar-refractivity contribution is -0.385. The fourth-order valence-electron chi connectivity index (χ4n) is 2.40. The van der Waals surface area contributed by atoms with Crippen molar-refractivity contribution in [2.45, 2.75) is 19.6 Å². The summed E-state index contributed by atoms with van der Waals surface area (Å²) in [5.74, 6) is 0.144. The van der Waals surface area contributed by atoms with Crippen LogP contribution in [0.5, 0.6) is 0 Å². The van der Waals surface area contributed by atoms with Crippen molar-refractivity contribution in [3.05, 3.63) is 64.1 Å². The zero-order valence-electron chi connectivity index (χ0n) is 12.4. The van der Waals surface area contributed by atoms with Gasteiger partial charge >= 0.3 is 0 Å². The van der Waals surface area contributed by atoms with Crippen molar-refractivity contribution in [2.24, 2.45) is 5.10 Å². The second kappa shape index (κ2) is 5.24. The van der Waals surface area contributed by atoms with E-state index in [4.69, 9.17) is 9.15 Å². The summed E-state index contributed by atoms with van der Waals surface area (Å²) in [6, 6.07) is 9.22. The molecule has 2 aromatic rings. The van der Waals surface area contributed by atoms with E-state index in [-0.39, 0.29) is 17.5 Å². The van der Waals surface area contributed by atoms with Crippen LogP contribution in [-0.4, -0.2) is 21.7 Å². The number of nitro benzene ring substituents is 1. The van der Waals surface area contributed by atoms with Crippen molar-refractivity contribution in [2.75, 3.05) is 0 Å². The highest BCUT2D eigenvalue weighted by atomic mass is 16.6. The Morgan fingerprint density at radius 1 is 1.35 bits per heavy atom. The van der Waals surface area contributed by atoms with Gasteiger partial charge in [0.1, 0.15) is 0 Å². The Kier molecular flexibility index (Phi) is 3.36. The minimum atomic E-state index is -1.29. The van der Waals surface area contributed by atoms with Crippen LogP contribution in [0, 0.1) is 10.1 Å². The van der Waals surface area contributed by atoms with Gasteiger partial charge < -0.3 is 9.15 Å². The normalized spacial score (nSPS) is 20.1. The first-order chi connectivity index (χ1) is 10.9. The number of furan rings is 1. The Hall–Kier alpha value is -3.16. The number of hydrogen-bond donors (Lipinski definition) is 0. The van der Waals surface area contributed by atoms with E-state index in [0.717, 1.165) is 5.01 Å². The average Bonchev–Trinajstić information content (AvgIpc) is 3.15. The third-order valence-electron chi connectivity index (χ3n) is 3.51. The molecule has 0 fully saturated rings. The molecule has 8 heteroatoms. The smallest absolute Gasteiger partial charge is 0.277 e. The number of ether oxygens (including phenoxy) is 1. The van der Waals surface area contributed by atoms with Gasteiger partial charge in [-0.2, -0.15) is 5.01 Å². The number of amides is 1. The SMILES string of the molecule is CC(=O)N1N=C(c2ccco2)O[C@]1(C)c1cccc([N+](=O)[O-])c1. The summed E-state index contributed by atoms with van der Waals surface area (Å²) in [6.45, 7) is 2.96. The molecule has 0 radical (unpaired) electrons. The third kappa shape index (κ3) is 2.44. The molecular weight excluding hydrogens is 302 g/mol. The monoisotopic (exact) mass is 315 g/mol. The number of hydrazone groups is 1. The summed E-state index contributed by atoms with van der Waals surface area (Å²) in [6.07, 6.45) is 1.46. The molecule has 0 unspecified atom stereocenters. The maximum absolute atomic E-state index is 11.9. The van der Waals surface area contributed by atoms with Gasteiger partial charge in [-0.25, -0.2) is 0 Å². The molecule has 23 heavy (non-hydrogen) atoms. The maximum Gasteiger partial charge on any atom is 0.277 e. The predicted molar refractivity (Wildman–Crippen MR) is 79.3 cm³/mol. The highest BCUT2D eigenvalue weighted by Gasteiger charge is 2.46. The van der Waals surface area contributed by atoms with Gasteiger partial charge in [-0.05, 0) is 12.1 Å². The van der Waals surface area contributed by atoms with Crippen LogP contribution in [0.3, 0.4) is 0 Å². The number of carbonyl (C=O) groups excluding carboxylic acids is 1. The van der Waals surface area contributed by atoms with Crippen LogP contribution in [-0.2, 0) is 15.3 Å². The summed E-state index contributed by atoms with van der Waals surface area (Å²) in [5, 5.41) is 16.3. The van der Waals surface area contributed by atoms with Gasteiger partial charge in [-0.15, -0.1) is 5.10 Å². The Labute approximate surface area is 131 Å². The van der Waals surface area contributed by atoms with Gasteiger partial charge in [0.2, 0.25) is 11.6 Å². The lowest BCUT2D eigenvalue weighted by Crippen LogP contribution is -2.41. The molecule has 0 N–H and O–H groups in total. The zero-order chi connectivity index (χ0) is 16.6. The average molecular weight is 315 g/mol. The molecule has 0 aliphatic carbocycles. The van der Waals surface area contributed by atoms with Gasteiger partial charge in [-0.1, -0.05) is 12.1 Å². The van der Waals surface area contributed by atoms with Crippen molar-refractivity contribution in [3.8, 4) is 0 Å². The molecule has 0 saturated carbocycles. The van der Waals surface area contributed by atoms with Crippen LogP contribution in [0.15, 0.2) is 52.2 Å². The number of nitrogens with zero attached hydrogens (tertiary/aromatic N) is 3. The standard InChI is InChI=1S/C15H13N3O5/c1-10(19)17-15(2,11-5-3-6-12(9-11)18(20)21)23-14(16-17)13-7-4-8-22-13/h3-9H,1-2H3/t15-/m1/s1. The molecule has 1 amide bonds. The fourth-order valence-corrected chi connectivity index (χ4v) is 2.40. The zero-order valence-corrected chi connectivity index (χ0v) is 12.4. The van der Waals surface area contributed by atoms with Crippen molar-refractivity contribution >= 4 is 17.5 Å². The van der Waals surface area contributed by atoms with E-state index in [1.54, 1.807) is 25.1 Å². The molecule has 2 heterocycles. The molecule has 0 bridgehead atoms. The van der Waals surface area contributed by atoms with Crippen LogP contribution in [0.2, 0.25) is 0 Å². The number of carbonyl (C=O) groups is 1. The van der Waals surface area contributed by atoms with Gasteiger partial charge in [0.25, 0.3) is 11.6 Å². The fraction of sp³-hybridized carbons (Fsp3) is 0.200. The van der Waals surface area contributed by atoms with Gasteiger partial charge in [0, 0.05) is 31.5 Å². The van der Waals surface area contributed by atoms with Crippen molar-refractivity contribution in [1.82, 2.24) is 5.01 Å². The van der Waals surface area contributed by atoms with E-state index in [1.165, 1.54) is 31.4 Å². The molecule has 3 rings (SSSR count). The Morgan fingerprint density at radius 2 is 2.13 bits per heavy atom. The molecule has 1 aromatic carbocycles. The number of non-ortho nitro benzene ring substituents is 1. The van der Waals surface area contributed by atoms with E-state index in [9.17, 15) is 14.9 Å². The highest BCUT2D eigenvalue weighted by Crippen LogP contribution is 2.37. The summed E-state index contributed by atoms with van der Waals surface area (Å²) >= 11 is 0. The molecule has 118 valence electrons. The first-order valence-corrected chi connectivity index (χ1v) is 6.79. The number of nitro groups is 1. The lowest BCUT2D eigenvalue weighted by atomic mass is 10.0. The topological polar surface area (TPSA) is 98.2 Å². The lowest BCUT2D eigenvalue weighted by Gasteiger charge is -2.30. The summed E-state index contributed by atoms with van der Waals surface area (Å²) in [4.78, 5) is 22.4. The summed E-state index contributed by atoms with van der Waals surface area (Å²) < 4.78 is 11.1. The second-order valence-corrected chi connectivity index (χ2v) is 5.11. The molecule has 1 atom stereocenters. The molecular formula is C15H13N3O5. The molecule has 1 aliphatic rings. The minimum Gasteiger partial charge on any atom is -0.459 e. The number of rotatable bonds is 3. The summed E-state index contributed by atoms with van der Waals surface area (Å²) in [7, 11) is 0. The highest BCUT2D eigenvalue weighted by molar-refractivity contribution is 5.94. The van der Waals surface area contributed by atoms with Crippen molar-refractivity contribution in [3.63, 3.8) is 0 Å². The van der Waals surface area contributed by atoms with Crippen LogP contribution in [0.1, 0.15) is 25.2 Å². The van der Waals surface area contributed by atoms with E-state index in [0.29, 0.717) is 11.3 Å². The molecule has 0 spiro atoms. The van der Waals surface area contributed by atoms with Crippen LogP contribution >= 0.6 is 0 Å². The van der Waals surface area contributed by atoms with Crippen molar-refractivity contribution in [1.29, 1.82) is 0 Å². The second-order valence-electron chi connectivity index (χ2n) is 5.11. The van der Waals surface area contributed by atoms with E-state index in [2.05, 4.69) is 5.10 Å². The minimum absolute atomic E-state index is 0.0951. The molecule has 1 aliphatic heterocycles. The van der Waals surface area contributed by atoms with Crippen LogP contribution in [0.4, 0.5) is 5.69 Å². The largest absolute Gasteiger partial charge is 0.459 e. The summed E-state index contributed by atoms with van der Waals surface area (Å²) in [5.41, 5.74) is -0.950. The third-order valence-corrected chi connectivity index (χ3v) is 3.51. The van der Waals surface area contributed by atoms with E-state index in [1.807, 2.05) is 0 Å². The van der Waals surface area contributed by atoms with E-state index < -0.39 is 10.6 Å². The Morgan fingerprint density at radius 3 is 2.74 bits per heavy atom. The molecule has 8 nitrogen and oxygen atoms in total. The first kappa shape index (κ1) is 14.8. The molecule has 0 saturated heterocycles. The first-order valence-electron chi connectivity index (χ1n) is 6.79. The van der Waals surface area contributed by atoms with Crippen LogP contribution in [0.25, 0.3) is 0 Å². The Balaban J connectivity index is 2.05. The number of hydrogen-bond acceptors (Lipinski definition) is 6. The Bertz CT molecular complexity index is 799. The van der Waals surface area contributed by atoms with Crippen LogP contribution < -0.4 is 0 Å². The van der Waals surface area contributed by atoms with E-state index >= 15 is 0 Å². The predicted octanol–water partition coefficient (Wildman–Crippen LogP) is 2.60. The van der Waals surface area contributed by atoms with Gasteiger partial charge in [-0.3, -0.25) is 14.9 Å². The quantitative estimate of drug-likeness (QED) is 0.640. The maximum atomic E-state index is 11.9.